The molecule has 1 aromatic heterocycles. The number of aromatic hydroxyl groups is 1. The van der Waals surface area contributed by atoms with E-state index in [2.05, 4.69) is 0 Å². The van der Waals surface area contributed by atoms with Crippen molar-refractivity contribution in [2.24, 2.45) is 0 Å². The van der Waals surface area contributed by atoms with Crippen molar-refractivity contribution in [3.8, 4) is 40.1 Å². The molecule has 0 aliphatic carbocycles. The maximum Gasteiger partial charge on any atom is 0.311 e. The molecule has 11 heteroatoms. The van der Waals surface area contributed by atoms with Crippen LogP contribution in [0.1, 0.15) is 53.4 Å². The molecular weight excluding hydrogens is 500 g/mol. The Morgan fingerprint density at radius 1 is 0.711 bits per heavy atom. The number of benzene rings is 2. The van der Waals surface area contributed by atoms with E-state index in [0.29, 0.717) is 0 Å². The summed E-state index contributed by atoms with van der Waals surface area (Å²) in [5.41, 5.74) is -0.987. The van der Waals surface area contributed by atoms with Gasteiger partial charge in [0.25, 0.3) is 0 Å². The van der Waals surface area contributed by atoms with Gasteiger partial charge in [-0.15, -0.1) is 0 Å². The molecule has 38 heavy (non-hydrogen) atoms. The molecule has 11 nitrogen and oxygen atoms in total. The highest BCUT2D eigenvalue weighted by Gasteiger charge is 2.23. The molecule has 0 saturated carbocycles. The number of carbonyl (C=O) groups excluding carboxylic acids is 4. The lowest BCUT2D eigenvalue weighted by molar-refractivity contribution is -0.136. The number of hydrogen-bond donors (Lipinski definition) is 1. The van der Waals surface area contributed by atoms with Crippen molar-refractivity contribution < 1.29 is 47.6 Å². The van der Waals surface area contributed by atoms with Gasteiger partial charge in [-0.05, 0) is 18.2 Å². The van der Waals surface area contributed by atoms with Crippen molar-refractivity contribution in [3.05, 3.63) is 40.6 Å². The van der Waals surface area contributed by atoms with Crippen LogP contribution in [0.15, 0.2) is 39.5 Å². The first kappa shape index (κ1) is 27.9. The molecule has 0 amide bonds. The van der Waals surface area contributed by atoms with E-state index in [0.717, 1.165) is 0 Å². The first-order chi connectivity index (χ1) is 18.1. The lowest BCUT2D eigenvalue weighted by Crippen LogP contribution is -2.12. The number of esters is 4. The molecule has 0 aliphatic heterocycles. The first-order valence-corrected chi connectivity index (χ1v) is 11.9. The van der Waals surface area contributed by atoms with E-state index in [9.17, 15) is 29.1 Å². The van der Waals surface area contributed by atoms with Gasteiger partial charge in [0, 0.05) is 43.4 Å². The predicted molar refractivity (Wildman–Crippen MR) is 133 cm³/mol. The fraction of sp³-hybridized carbons (Fsp3) is 0.296. The van der Waals surface area contributed by atoms with Crippen molar-refractivity contribution in [2.45, 2.75) is 53.4 Å². The minimum atomic E-state index is -0.929. The third-order valence-corrected chi connectivity index (χ3v) is 5.17. The average molecular weight is 526 g/mol. The Kier molecular flexibility index (Phi) is 8.85. The summed E-state index contributed by atoms with van der Waals surface area (Å²) in [6.45, 7) is 6.30. The van der Waals surface area contributed by atoms with Crippen molar-refractivity contribution in [2.75, 3.05) is 0 Å². The Morgan fingerprint density at radius 2 is 1.24 bits per heavy atom. The molecule has 1 heterocycles. The van der Waals surface area contributed by atoms with Gasteiger partial charge in [-0.3, -0.25) is 24.0 Å². The van der Waals surface area contributed by atoms with Gasteiger partial charge in [0.2, 0.25) is 11.2 Å². The molecule has 0 unspecified atom stereocenters. The SMILES string of the molecule is CCC(=O)Oc1cc(OC(=O)CC)c2c(=O)c(O)c(-c3ccc(OC(=O)CC)c(OC(=O)CC)c3)oc2c1. The van der Waals surface area contributed by atoms with Crippen LogP contribution in [0, 0.1) is 0 Å². The van der Waals surface area contributed by atoms with Gasteiger partial charge in [0.15, 0.2) is 17.3 Å². The highest BCUT2D eigenvalue weighted by atomic mass is 16.6. The zero-order valence-corrected chi connectivity index (χ0v) is 21.2. The molecule has 0 atom stereocenters. The zero-order chi connectivity index (χ0) is 28.0. The molecule has 0 fully saturated rings. The topological polar surface area (TPSA) is 156 Å². The molecule has 1 N–H and O–H groups in total. The van der Waals surface area contributed by atoms with E-state index in [-0.39, 0.29) is 71.0 Å². The van der Waals surface area contributed by atoms with Crippen LogP contribution in [0.4, 0.5) is 0 Å². The number of rotatable bonds is 9. The van der Waals surface area contributed by atoms with Gasteiger partial charge in [0.05, 0.1) is 0 Å². The van der Waals surface area contributed by atoms with E-state index in [4.69, 9.17) is 23.4 Å². The molecule has 0 saturated heterocycles. The fourth-order valence-corrected chi connectivity index (χ4v) is 3.19. The molecule has 0 aliphatic rings. The fourth-order valence-electron chi connectivity index (χ4n) is 3.19. The number of hydrogen-bond acceptors (Lipinski definition) is 11. The summed E-state index contributed by atoms with van der Waals surface area (Å²) in [6, 6.07) is 6.38. The highest BCUT2D eigenvalue weighted by Crippen LogP contribution is 2.39. The van der Waals surface area contributed by atoms with Gasteiger partial charge in [-0.2, -0.15) is 0 Å². The quantitative estimate of drug-likeness (QED) is 0.311. The lowest BCUT2D eigenvalue weighted by Gasteiger charge is -2.14. The molecule has 0 bridgehead atoms. The molecule has 200 valence electrons. The van der Waals surface area contributed by atoms with Crippen LogP contribution in [-0.2, 0) is 19.2 Å². The molecular formula is C27H26O11. The maximum atomic E-state index is 13.2. The second kappa shape index (κ2) is 12.0. The van der Waals surface area contributed by atoms with Gasteiger partial charge in [-0.25, -0.2) is 0 Å². The smallest absolute Gasteiger partial charge is 0.311 e. The predicted octanol–water partition coefficient (Wildman–Crippen LogP) is 4.43. The zero-order valence-electron chi connectivity index (χ0n) is 21.2. The number of ether oxygens (including phenoxy) is 4. The maximum absolute atomic E-state index is 13.2. The van der Waals surface area contributed by atoms with Crippen LogP contribution < -0.4 is 24.4 Å². The van der Waals surface area contributed by atoms with Crippen LogP contribution in [0.2, 0.25) is 0 Å². The summed E-state index contributed by atoms with van der Waals surface area (Å²) in [6.07, 6.45) is 0.143. The number of fused-ring (bicyclic) bond motifs is 1. The minimum absolute atomic E-state index is 0.00984. The summed E-state index contributed by atoms with van der Waals surface area (Å²) < 4.78 is 26.8. The third-order valence-electron chi connectivity index (χ3n) is 5.17. The van der Waals surface area contributed by atoms with E-state index in [1.165, 1.54) is 30.3 Å². The molecule has 0 radical (unpaired) electrons. The largest absolute Gasteiger partial charge is 0.502 e. The molecule has 3 rings (SSSR count). The monoisotopic (exact) mass is 526 g/mol. The van der Waals surface area contributed by atoms with Crippen LogP contribution in [0.3, 0.4) is 0 Å². The van der Waals surface area contributed by atoms with E-state index in [1.54, 1.807) is 27.7 Å². The Labute approximate surface area is 216 Å². The summed E-state index contributed by atoms with van der Waals surface area (Å²) in [5.74, 6) is -4.10. The van der Waals surface area contributed by atoms with E-state index < -0.39 is 35.1 Å². The average Bonchev–Trinajstić information content (AvgIpc) is 2.90. The Bertz CT molecular complexity index is 1470. The third kappa shape index (κ3) is 6.17. The highest BCUT2D eigenvalue weighted by molar-refractivity contribution is 5.91. The van der Waals surface area contributed by atoms with Crippen molar-refractivity contribution in [3.63, 3.8) is 0 Å². The van der Waals surface area contributed by atoms with Gasteiger partial charge >= 0.3 is 23.9 Å². The van der Waals surface area contributed by atoms with E-state index in [1.807, 2.05) is 0 Å². The summed E-state index contributed by atoms with van der Waals surface area (Å²) in [4.78, 5) is 60.8. The molecule has 3 aromatic rings. The summed E-state index contributed by atoms with van der Waals surface area (Å²) in [5, 5.41) is 10.5. The van der Waals surface area contributed by atoms with Crippen LogP contribution >= 0.6 is 0 Å². The standard InChI is InChI=1S/C27H26O11/c1-5-20(28)34-15-12-18(37-23(31)8-4)24-19(13-15)38-27(26(33)25(24)32)14-9-10-16(35-21(29)6-2)17(11-14)36-22(30)7-3/h9-13,33H,5-8H2,1-4H3. The van der Waals surface area contributed by atoms with Crippen molar-refractivity contribution >= 4 is 34.8 Å². The minimum Gasteiger partial charge on any atom is -0.502 e. The Morgan fingerprint density at radius 3 is 1.82 bits per heavy atom. The van der Waals surface area contributed by atoms with Gasteiger partial charge in [0.1, 0.15) is 22.5 Å². The van der Waals surface area contributed by atoms with Crippen molar-refractivity contribution in [1.29, 1.82) is 0 Å². The first-order valence-electron chi connectivity index (χ1n) is 11.9. The second-order valence-corrected chi connectivity index (χ2v) is 7.88. The van der Waals surface area contributed by atoms with Gasteiger partial charge in [-0.1, -0.05) is 27.7 Å². The van der Waals surface area contributed by atoms with E-state index >= 15 is 0 Å². The normalized spacial score (nSPS) is 10.6. The van der Waals surface area contributed by atoms with Crippen LogP contribution in [0.25, 0.3) is 22.3 Å². The summed E-state index contributed by atoms with van der Waals surface area (Å²) in [7, 11) is 0. The molecule has 2 aromatic carbocycles. The number of carbonyl (C=O) groups is 4. The molecule has 0 spiro atoms. The summed E-state index contributed by atoms with van der Waals surface area (Å²) >= 11 is 0. The Hall–Kier alpha value is -4.67. The van der Waals surface area contributed by atoms with Gasteiger partial charge < -0.3 is 28.5 Å². The lowest BCUT2D eigenvalue weighted by atomic mass is 10.1. The van der Waals surface area contributed by atoms with Crippen LogP contribution in [-0.4, -0.2) is 29.0 Å². The Balaban J connectivity index is 2.24. The van der Waals surface area contributed by atoms with Crippen LogP contribution in [0.5, 0.6) is 28.7 Å². The van der Waals surface area contributed by atoms with Crippen molar-refractivity contribution in [1.82, 2.24) is 0 Å². The second-order valence-electron chi connectivity index (χ2n) is 7.88.